The molecule has 0 bridgehead atoms. The van der Waals surface area contributed by atoms with Crippen LogP contribution in [0.2, 0.25) is 0 Å². The minimum Gasteiger partial charge on any atom is -0.489 e. The van der Waals surface area contributed by atoms with Gasteiger partial charge in [-0.25, -0.2) is 0 Å². The summed E-state index contributed by atoms with van der Waals surface area (Å²) in [6.07, 6.45) is 4.82. The number of rotatable bonds is 10. The molecule has 33 heavy (non-hydrogen) atoms. The van der Waals surface area contributed by atoms with E-state index in [1.54, 1.807) is 0 Å². The Bertz CT molecular complexity index is 975. The second-order valence-electron chi connectivity index (χ2n) is 11.1. The van der Waals surface area contributed by atoms with Gasteiger partial charge in [0.05, 0.1) is 12.7 Å². The summed E-state index contributed by atoms with van der Waals surface area (Å²) in [6, 6.07) is 13.2. The van der Waals surface area contributed by atoms with E-state index in [0.717, 1.165) is 31.2 Å². The van der Waals surface area contributed by atoms with Gasteiger partial charge in [0, 0.05) is 29.5 Å². The molecular weight excluding hydrogens is 410 g/mol. The van der Waals surface area contributed by atoms with Gasteiger partial charge in [0.2, 0.25) is 0 Å². The first-order valence-electron chi connectivity index (χ1n) is 12.7. The zero-order valence-electron chi connectivity index (χ0n) is 20.6. The lowest BCUT2D eigenvalue weighted by Crippen LogP contribution is -2.42. The highest BCUT2D eigenvalue weighted by Crippen LogP contribution is 2.60. The average Bonchev–Trinajstić information content (AvgIpc) is 3.10. The first-order valence-corrected chi connectivity index (χ1v) is 12.7. The van der Waals surface area contributed by atoms with E-state index >= 15 is 0 Å². The highest BCUT2D eigenvalue weighted by molar-refractivity contribution is 5.56. The van der Waals surface area contributed by atoms with Crippen molar-refractivity contribution in [2.75, 3.05) is 19.8 Å². The standard InChI is InChI=1S/C29H39NO3/c1-18-10-11-23(25-26-24(17-31)28(26)33-27(18)25)19(2)32-13-7-12-30-29(3,4)16-20-14-21-8-5-6-9-22(21)15-20/h5-6,8-11,19-20,24,26,28,30-31H,7,12-17H2,1-4H3. The van der Waals surface area contributed by atoms with Gasteiger partial charge in [-0.2, -0.15) is 0 Å². The predicted octanol–water partition coefficient (Wildman–Crippen LogP) is 5.10. The number of nitrogens with one attached hydrogen (secondary N) is 1. The van der Waals surface area contributed by atoms with Crippen LogP contribution in [-0.4, -0.2) is 36.5 Å². The predicted molar refractivity (Wildman–Crippen MR) is 132 cm³/mol. The van der Waals surface area contributed by atoms with Gasteiger partial charge < -0.3 is 19.9 Å². The molecule has 0 spiro atoms. The number of aliphatic hydroxyl groups is 1. The summed E-state index contributed by atoms with van der Waals surface area (Å²) in [4.78, 5) is 0. The number of benzene rings is 2. The number of aryl methyl sites for hydroxylation is 1. The second-order valence-corrected chi connectivity index (χ2v) is 11.1. The molecule has 4 unspecified atom stereocenters. The molecule has 0 saturated heterocycles. The van der Waals surface area contributed by atoms with Crippen LogP contribution in [0.1, 0.15) is 73.5 Å². The lowest BCUT2D eigenvalue weighted by Gasteiger charge is -2.29. The van der Waals surface area contributed by atoms with Gasteiger partial charge in [-0.15, -0.1) is 0 Å². The van der Waals surface area contributed by atoms with E-state index in [9.17, 15) is 5.11 Å². The van der Waals surface area contributed by atoms with E-state index in [-0.39, 0.29) is 30.3 Å². The molecule has 3 aliphatic rings. The van der Waals surface area contributed by atoms with Crippen LogP contribution in [0.4, 0.5) is 0 Å². The molecule has 1 heterocycles. The Hall–Kier alpha value is -1.88. The number of hydrogen-bond acceptors (Lipinski definition) is 4. The number of hydrogen-bond donors (Lipinski definition) is 2. The zero-order chi connectivity index (χ0) is 23.2. The van der Waals surface area contributed by atoms with Gasteiger partial charge in [-0.05, 0) is 88.1 Å². The Morgan fingerprint density at radius 1 is 1.15 bits per heavy atom. The van der Waals surface area contributed by atoms with E-state index in [2.05, 4.69) is 69.4 Å². The van der Waals surface area contributed by atoms with Crippen molar-refractivity contribution in [1.29, 1.82) is 0 Å². The quantitative estimate of drug-likeness (QED) is 0.496. The Labute approximate surface area is 198 Å². The fourth-order valence-electron chi connectivity index (χ4n) is 6.25. The summed E-state index contributed by atoms with van der Waals surface area (Å²) in [5.41, 5.74) is 6.90. The van der Waals surface area contributed by atoms with Gasteiger partial charge in [-0.3, -0.25) is 0 Å². The fourth-order valence-corrected chi connectivity index (χ4v) is 6.25. The summed E-state index contributed by atoms with van der Waals surface area (Å²) in [5.74, 6) is 2.36. The molecule has 2 aromatic carbocycles. The molecule has 0 radical (unpaired) electrons. The highest BCUT2D eigenvalue weighted by Gasteiger charge is 2.59. The van der Waals surface area contributed by atoms with E-state index in [1.807, 2.05) is 0 Å². The van der Waals surface area contributed by atoms with Crippen LogP contribution < -0.4 is 10.1 Å². The maximum Gasteiger partial charge on any atom is 0.126 e. The van der Waals surface area contributed by atoms with Crippen molar-refractivity contribution < 1.29 is 14.6 Å². The molecule has 0 amide bonds. The van der Waals surface area contributed by atoms with Crippen LogP contribution in [0.3, 0.4) is 0 Å². The lowest BCUT2D eigenvalue weighted by molar-refractivity contribution is 0.0622. The average molecular weight is 450 g/mol. The van der Waals surface area contributed by atoms with E-state index in [1.165, 1.54) is 47.1 Å². The fraction of sp³-hybridized carbons (Fsp3) is 0.586. The minimum atomic E-state index is 0.0339. The molecule has 178 valence electrons. The number of fused-ring (bicyclic) bond motifs is 4. The zero-order valence-corrected chi connectivity index (χ0v) is 20.6. The first kappa shape index (κ1) is 22.9. The molecule has 2 aliphatic carbocycles. The summed E-state index contributed by atoms with van der Waals surface area (Å²) in [6.45, 7) is 10.8. The Morgan fingerprint density at radius 3 is 2.58 bits per heavy atom. The molecule has 1 aliphatic heterocycles. The van der Waals surface area contributed by atoms with Crippen LogP contribution in [-0.2, 0) is 17.6 Å². The summed E-state index contributed by atoms with van der Waals surface area (Å²) < 4.78 is 12.4. The Kier molecular flexibility index (Phi) is 6.28. The molecule has 4 atom stereocenters. The van der Waals surface area contributed by atoms with Crippen molar-refractivity contribution >= 4 is 0 Å². The minimum absolute atomic E-state index is 0.0339. The van der Waals surface area contributed by atoms with Crippen LogP contribution in [0.25, 0.3) is 0 Å². The third-order valence-corrected chi connectivity index (χ3v) is 7.99. The lowest BCUT2D eigenvalue weighted by atomic mass is 9.88. The van der Waals surface area contributed by atoms with E-state index in [4.69, 9.17) is 9.47 Å². The van der Waals surface area contributed by atoms with Gasteiger partial charge in [0.25, 0.3) is 0 Å². The summed E-state index contributed by atoms with van der Waals surface area (Å²) in [5, 5.41) is 13.4. The third-order valence-electron chi connectivity index (χ3n) is 7.99. The monoisotopic (exact) mass is 449 g/mol. The molecule has 2 N–H and O–H groups in total. The molecule has 5 rings (SSSR count). The van der Waals surface area contributed by atoms with Crippen LogP contribution in [0.15, 0.2) is 36.4 Å². The highest BCUT2D eigenvalue weighted by atomic mass is 16.5. The molecule has 1 fully saturated rings. The topological polar surface area (TPSA) is 50.7 Å². The largest absolute Gasteiger partial charge is 0.489 e. The van der Waals surface area contributed by atoms with Gasteiger partial charge >= 0.3 is 0 Å². The van der Waals surface area contributed by atoms with Gasteiger partial charge in [0.15, 0.2) is 0 Å². The Morgan fingerprint density at radius 2 is 1.88 bits per heavy atom. The van der Waals surface area contributed by atoms with Crippen LogP contribution in [0.5, 0.6) is 5.75 Å². The molecule has 0 aromatic heterocycles. The molecule has 4 heteroatoms. The maximum atomic E-state index is 9.62. The normalized spacial score (nSPS) is 24.2. The van der Waals surface area contributed by atoms with Crippen molar-refractivity contribution in [1.82, 2.24) is 5.32 Å². The third kappa shape index (κ3) is 4.58. The smallest absolute Gasteiger partial charge is 0.126 e. The maximum absolute atomic E-state index is 9.62. The SMILES string of the molecule is Cc1ccc(C(C)OCCCNC(C)(C)CC2Cc3ccccc3C2)c2c1OC1C(CO)C21. The van der Waals surface area contributed by atoms with Crippen molar-refractivity contribution in [2.24, 2.45) is 11.8 Å². The van der Waals surface area contributed by atoms with E-state index < -0.39 is 0 Å². The van der Waals surface area contributed by atoms with Gasteiger partial charge in [0.1, 0.15) is 11.9 Å². The van der Waals surface area contributed by atoms with Crippen molar-refractivity contribution in [3.05, 3.63) is 64.2 Å². The number of aliphatic hydroxyl groups excluding tert-OH is 1. The Balaban J connectivity index is 1.08. The molecule has 1 saturated carbocycles. The van der Waals surface area contributed by atoms with Crippen molar-refractivity contribution in [2.45, 2.75) is 77.0 Å². The second kappa shape index (κ2) is 9.05. The summed E-state index contributed by atoms with van der Waals surface area (Å²) >= 11 is 0. The van der Waals surface area contributed by atoms with Gasteiger partial charge in [-0.1, -0.05) is 36.4 Å². The number of ether oxygens (including phenoxy) is 2. The molecule has 4 nitrogen and oxygen atoms in total. The molecular formula is C29H39NO3. The first-order chi connectivity index (χ1) is 15.9. The molecule has 2 aromatic rings. The summed E-state index contributed by atoms with van der Waals surface area (Å²) in [7, 11) is 0. The van der Waals surface area contributed by atoms with Crippen molar-refractivity contribution in [3.8, 4) is 5.75 Å². The van der Waals surface area contributed by atoms with Crippen molar-refractivity contribution in [3.63, 3.8) is 0 Å². The van der Waals surface area contributed by atoms with Crippen LogP contribution in [0, 0.1) is 18.8 Å². The van der Waals surface area contributed by atoms with Crippen LogP contribution >= 0.6 is 0 Å². The van der Waals surface area contributed by atoms with E-state index in [0.29, 0.717) is 5.92 Å².